The third-order valence-electron chi connectivity index (χ3n) is 5.75. The number of methoxy groups -OCH3 is 1. The molecule has 0 atom stereocenters. The monoisotopic (exact) mass is 528 g/mol. The van der Waals surface area contributed by atoms with Crippen LogP contribution in [0.5, 0.6) is 0 Å². The molecule has 4 rings (SSSR count). The highest BCUT2D eigenvalue weighted by Crippen LogP contribution is 2.39. The number of aromatic nitrogens is 2. The van der Waals surface area contributed by atoms with E-state index in [9.17, 15) is 27.5 Å². The SMILES string of the molecule is COCc1cc(-c2nc(-c3ccc(CN(C)CC(=O)[O-])c(F)c3)no2)ccc1-c1ccccc1C(F)(F)F. The molecule has 4 aromatic rings. The molecule has 0 aliphatic carbocycles. The number of hydrogen-bond donors (Lipinski definition) is 0. The van der Waals surface area contributed by atoms with E-state index in [0.717, 1.165) is 6.07 Å². The highest BCUT2D eigenvalue weighted by atomic mass is 19.4. The third-order valence-corrected chi connectivity index (χ3v) is 5.75. The number of rotatable bonds is 9. The van der Waals surface area contributed by atoms with Crippen LogP contribution in [-0.4, -0.2) is 41.7 Å². The van der Waals surface area contributed by atoms with Crippen molar-refractivity contribution in [2.75, 3.05) is 20.7 Å². The maximum atomic E-state index is 14.7. The van der Waals surface area contributed by atoms with Gasteiger partial charge >= 0.3 is 6.18 Å². The summed E-state index contributed by atoms with van der Waals surface area (Å²) in [5.74, 6) is -1.65. The van der Waals surface area contributed by atoms with E-state index in [1.54, 1.807) is 18.2 Å². The van der Waals surface area contributed by atoms with Crippen LogP contribution < -0.4 is 5.11 Å². The van der Waals surface area contributed by atoms with Crippen LogP contribution in [0.25, 0.3) is 34.0 Å². The molecule has 0 aliphatic rings. The molecule has 1 heterocycles. The zero-order valence-electron chi connectivity index (χ0n) is 20.4. The summed E-state index contributed by atoms with van der Waals surface area (Å²) in [4.78, 5) is 16.4. The zero-order valence-corrected chi connectivity index (χ0v) is 20.4. The fraction of sp³-hybridized carbons (Fsp3) is 0.222. The number of carboxylic acid groups (broad SMARTS) is 1. The van der Waals surface area contributed by atoms with E-state index in [1.165, 1.54) is 55.5 Å². The number of carboxylic acids is 1. The largest absolute Gasteiger partial charge is 0.549 e. The van der Waals surface area contributed by atoms with Crippen LogP contribution in [0, 0.1) is 5.82 Å². The fourth-order valence-electron chi connectivity index (χ4n) is 4.07. The third kappa shape index (κ3) is 6.06. The van der Waals surface area contributed by atoms with Gasteiger partial charge in [0.05, 0.1) is 18.1 Å². The quantitative estimate of drug-likeness (QED) is 0.294. The van der Waals surface area contributed by atoms with Crippen molar-refractivity contribution in [1.82, 2.24) is 15.0 Å². The molecule has 38 heavy (non-hydrogen) atoms. The summed E-state index contributed by atoms with van der Waals surface area (Å²) in [6.45, 7) is -0.250. The van der Waals surface area contributed by atoms with Gasteiger partial charge in [0.25, 0.3) is 5.89 Å². The Morgan fingerprint density at radius 1 is 1.03 bits per heavy atom. The standard InChI is InChI=1S/C27H23F4N3O4/c1-34(14-24(35)36)13-18-8-7-16(12-23(18)28)25-32-26(38-33-25)17-9-10-20(19(11-17)15-37-2)21-5-3-4-6-22(21)27(29,30)31/h3-12H,13-15H2,1-2H3,(H,35,36)/p-1. The molecule has 198 valence electrons. The minimum atomic E-state index is -4.53. The Bertz CT molecular complexity index is 1450. The molecule has 0 saturated carbocycles. The molecule has 0 amide bonds. The number of halogens is 4. The van der Waals surface area contributed by atoms with Crippen LogP contribution in [0.4, 0.5) is 17.6 Å². The lowest BCUT2D eigenvalue weighted by Crippen LogP contribution is -2.35. The van der Waals surface area contributed by atoms with Crippen molar-refractivity contribution in [3.63, 3.8) is 0 Å². The maximum Gasteiger partial charge on any atom is 0.417 e. The first-order chi connectivity index (χ1) is 18.1. The Balaban J connectivity index is 1.63. The van der Waals surface area contributed by atoms with E-state index in [1.807, 2.05) is 0 Å². The van der Waals surface area contributed by atoms with Gasteiger partial charge in [0, 0.05) is 36.9 Å². The van der Waals surface area contributed by atoms with Gasteiger partial charge in [0.1, 0.15) is 5.82 Å². The van der Waals surface area contributed by atoms with Gasteiger partial charge in [-0.3, -0.25) is 4.90 Å². The molecule has 0 N–H and O–H groups in total. The Hall–Kier alpha value is -4.09. The van der Waals surface area contributed by atoms with E-state index in [0.29, 0.717) is 22.3 Å². The first-order valence-electron chi connectivity index (χ1n) is 11.4. The van der Waals surface area contributed by atoms with Crippen molar-refractivity contribution in [1.29, 1.82) is 0 Å². The van der Waals surface area contributed by atoms with E-state index in [4.69, 9.17) is 9.26 Å². The summed E-state index contributed by atoms with van der Waals surface area (Å²) in [5, 5.41) is 14.6. The van der Waals surface area contributed by atoms with Crippen molar-refractivity contribution < 1.29 is 36.7 Å². The van der Waals surface area contributed by atoms with Gasteiger partial charge in [0.2, 0.25) is 5.82 Å². The number of likely N-dealkylation sites (N-methyl/N-ethyl adjacent to an activating group) is 1. The number of alkyl halides is 3. The smallest absolute Gasteiger partial charge is 0.417 e. The molecule has 0 unspecified atom stereocenters. The lowest BCUT2D eigenvalue weighted by atomic mass is 9.94. The van der Waals surface area contributed by atoms with E-state index >= 15 is 0 Å². The minimum absolute atomic E-state index is 0.0191. The lowest BCUT2D eigenvalue weighted by Gasteiger charge is -2.17. The maximum absolute atomic E-state index is 14.7. The number of benzene rings is 3. The van der Waals surface area contributed by atoms with Gasteiger partial charge in [-0.05, 0) is 48.0 Å². The summed E-state index contributed by atoms with van der Waals surface area (Å²) in [7, 11) is 2.96. The topological polar surface area (TPSA) is 91.5 Å². The van der Waals surface area contributed by atoms with Gasteiger partial charge < -0.3 is 19.2 Å². The van der Waals surface area contributed by atoms with Gasteiger partial charge in [0.15, 0.2) is 0 Å². The number of carbonyl (C=O) groups is 1. The predicted molar refractivity (Wildman–Crippen MR) is 128 cm³/mol. The lowest BCUT2D eigenvalue weighted by molar-refractivity contribution is -0.306. The average molecular weight is 528 g/mol. The van der Waals surface area contributed by atoms with Gasteiger partial charge in [-0.15, -0.1) is 0 Å². The average Bonchev–Trinajstić information content (AvgIpc) is 3.35. The first kappa shape index (κ1) is 27.0. The van der Waals surface area contributed by atoms with Crippen molar-refractivity contribution in [2.45, 2.75) is 19.3 Å². The Morgan fingerprint density at radius 2 is 1.76 bits per heavy atom. The molecule has 0 bridgehead atoms. The van der Waals surface area contributed by atoms with E-state index < -0.39 is 23.5 Å². The molecule has 11 heteroatoms. The number of aliphatic carboxylic acids is 1. The minimum Gasteiger partial charge on any atom is -0.549 e. The van der Waals surface area contributed by atoms with Crippen molar-refractivity contribution >= 4 is 5.97 Å². The van der Waals surface area contributed by atoms with Crippen LogP contribution in [-0.2, 0) is 28.9 Å². The van der Waals surface area contributed by atoms with Crippen LogP contribution >= 0.6 is 0 Å². The number of carbonyl (C=O) groups excluding carboxylic acids is 1. The van der Waals surface area contributed by atoms with E-state index in [2.05, 4.69) is 10.1 Å². The molecule has 0 aliphatic heterocycles. The van der Waals surface area contributed by atoms with Crippen molar-refractivity contribution in [3.8, 4) is 34.0 Å². The molecule has 7 nitrogen and oxygen atoms in total. The second kappa shape index (κ2) is 11.1. The summed E-state index contributed by atoms with van der Waals surface area (Å²) in [6, 6.07) is 14.3. The van der Waals surface area contributed by atoms with Crippen LogP contribution in [0.2, 0.25) is 0 Å². The predicted octanol–water partition coefficient (Wildman–Crippen LogP) is 4.56. The highest BCUT2D eigenvalue weighted by Gasteiger charge is 2.33. The molecule has 0 saturated heterocycles. The Kier molecular flexibility index (Phi) is 7.88. The van der Waals surface area contributed by atoms with Crippen molar-refractivity contribution in [3.05, 3.63) is 83.2 Å². The Labute approximate surface area is 215 Å². The molecule has 0 spiro atoms. The van der Waals surface area contributed by atoms with Gasteiger partial charge in [-0.2, -0.15) is 18.2 Å². The molecular weight excluding hydrogens is 506 g/mol. The van der Waals surface area contributed by atoms with Crippen LogP contribution in [0.3, 0.4) is 0 Å². The molecular formula is C27H22F4N3O4-. The van der Waals surface area contributed by atoms with Gasteiger partial charge in [-0.25, -0.2) is 4.39 Å². The summed E-state index contributed by atoms with van der Waals surface area (Å²) in [6.07, 6.45) is -4.53. The molecule has 1 aromatic heterocycles. The number of ether oxygens (including phenoxy) is 1. The summed E-state index contributed by atoms with van der Waals surface area (Å²) in [5.41, 5.74) is 1.15. The Morgan fingerprint density at radius 3 is 2.45 bits per heavy atom. The normalized spacial score (nSPS) is 11.8. The van der Waals surface area contributed by atoms with Gasteiger partial charge in [-0.1, -0.05) is 41.6 Å². The molecule has 0 radical (unpaired) electrons. The number of hydrogen-bond acceptors (Lipinski definition) is 7. The summed E-state index contributed by atoms with van der Waals surface area (Å²) < 4.78 is 66.1. The molecule has 3 aromatic carbocycles. The zero-order chi connectivity index (χ0) is 27.4. The van der Waals surface area contributed by atoms with Crippen molar-refractivity contribution in [2.24, 2.45) is 0 Å². The first-order valence-corrected chi connectivity index (χ1v) is 11.4. The summed E-state index contributed by atoms with van der Waals surface area (Å²) >= 11 is 0. The number of nitrogens with zero attached hydrogens (tertiary/aromatic N) is 3. The van der Waals surface area contributed by atoms with Crippen LogP contribution in [0.1, 0.15) is 16.7 Å². The second-order valence-corrected chi connectivity index (χ2v) is 8.62. The fourth-order valence-corrected chi connectivity index (χ4v) is 4.07. The van der Waals surface area contributed by atoms with Crippen LogP contribution in [0.15, 0.2) is 65.2 Å². The molecule has 0 fully saturated rings. The highest BCUT2D eigenvalue weighted by molar-refractivity contribution is 5.74. The second-order valence-electron chi connectivity index (χ2n) is 8.62. The van der Waals surface area contributed by atoms with E-state index in [-0.39, 0.29) is 42.5 Å².